The van der Waals surface area contributed by atoms with Crippen LogP contribution in [-0.4, -0.2) is 49.2 Å². The molecule has 0 radical (unpaired) electrons. The molecule has 0 bridgehead atoms. The molecule has 2 heterocycles. The van der Waals surface area contributed by atoms with Crippen LogP contribution in [0.15, 0.2) is 24.3 Å². The molecule has 1 atom stereocenters. The number of H-pyrrole nitrogens is 1. The third-order valence-electron chi connectivity index (χ3n) is 3.36. The van der Waals surface area contributed by atoms with E-state index < -0.39 is 12.1 Å². The van der Waals surface area contributed by atoms with Gasteiger partial charge in [-0.3, -0.25) is 0 Å². The predicted octanol–water partition coefficient (Wildman–Crippen LogP) is 1.92. The number of rotatable bonds is 5. The van der Waals surface area contributed by atoms with Gasteiger partial charge in [0.05, 0.1) is 12.9 Å². The van der Waals surface area contributed by atoms with Gasteiger partial charge in [0.2, 0.25) is 0 Å². The largest absolute Gasteiger partial charge is 0.447 e. The highest BCUT2D eigenvalue weighted by Gasteiger charge is 2.22. The first kappa shape index (κ1) is 9.10. The van der Waals surface area contributed by atoms with Crippen LogP contribution in [0.1, 0.15) is 18.0 Å². The number of fused-ring (bicyclic) bond motifs is 1. The van der Waals surface area contributed by atoms with Crippen LogP contribution in [0.25, 0.3) is 10.9 Å². The van der Waals surface area contributed by atoms with Crippen LogP contribution < -0.4 is 5.32 Å². The van der Waals surface area contributed by atoms with Crippen molar-refractivity contribution < 1.29 is 16.4 Å². The van der Waals surface area contributed by atoms with Gasteiger partial charge in [0.25, 0.3) is 0 Å². The fourth-order valence-corrected chi connectivity index (χ4v) is 2.25. The highest BCUT2D eigenvalue weighted by atomic mass is 16.6. The van der Waals surface area contributed by atoms with Gasteiger partial charge in [0, 0.05) is 23.6 Å². The smallest absolute Gasteiger partial charge is 0.407 e. The molecule has 0 saturated carbocycles. The van der Waals surface area contributed by atoms with Gasteiger partial charge in [-0.1, -0.05) is 6.04 Å². The minimum Gasteiger partial charge on any atom is -0.447 e. The van der Waals surface area contributed by atoms with Crippen molar-refractivity contribution in [1.82, 2.24) is 15.2 Å². The van der Waals surface area contributed by atoms with Crippen LogP contribution >= 0.6 is 0 Å². The Balaban J connectivity index is 2.12. The van der Waals surface area contributed by atoms with Crippen LogP contribution in [0.2, 0.25) is 0 Å². The number of carbonyl (C=O) groups is 1. The van der Waals surface area contributed by atoms with Gasteiger partial charge in [0.1, 0.15) is 6.61 Å². The topological polar surface area (TPSA) is 57.4 Å². The molecule has 112 valence electrons. The monoisotopic (exact) mass is 292 g/mol. The molecule has 0 unspecified atom stereocenters. The maximum Gasteiger partial charge on any atom is 0.407 e. The molecule has 3 rings (SSSR count). The molecule has 21 heavy (non-hydrogen) atoms. The first-order valence-corrected chi connectivity index (χ1v) is 6.82. The maximum absolute atomic E-state index is 11.3. The van der Waals surface area contributed by atoms with E-state index in [9.17, 15) is 4.79 Å². The van der Waals surface area contributed by atoms with Gasteiger partial charge >= 0.3 is 6.09 Å². The van der Waals surface area contributed by atoms with Gasteiger partial charge in [0.15, 0.2) is 0 Å². The quantitative estimate of drug-likeness (QED) is 0.885. The summed E-state index contributed by atoms with van der Waals surface area (Å²) in [5.74, 6) is 0. The maximum atomic E-state index is 11.3. The number of ether oxygens (including phenoxy) is 1. The van der Waals surface area contributed by atoms with Gasteiger partial charge in [-0.05, 0) is 50.1 Å². The number of nitrogens with one attached hydrogen (secondary N) is 2. The van der Waals surface area contributed by atoms with E-state index in [1.165, 1.54) is 0 Å². The molecule has 1 saturated heterocycles. The molecule has 5 nitrogen and oxygen atoms in total. The van der Waals surface area contributed by atoms with E-state index in [0.717, 1.165) is 0 Å². The number of aromatic nitrogens is 1. The Morgan fingerprint density at radius 3 is 3.10 bits per heavy atom. The first-order chi connectivity index (χ1) is 12.1. The van der Waals surface area contributed by atoms with Crippen LogP contribution in [0, 0.1) is 0 Å². The fraction of sp³-hybridized carbons (Fsp3) is 0.438. The molecular weight excluding hydrogens is 266 g/mol. The van der Waals surface area contributed by atoms with E-state index in [0.29, 0.717) is 29.4 Å². The van der Waals surface area contributed by atoms with Crippen molar-refractivity contribution in [3.05, 3.63) is 35.4 Å². The highest BCUT2D eigenvalue weighted by molar-refractivity contribution is 5.84. The lowest BCUT2D eigenvalue weighted by molar-refractivity contribution is 0.177. The number of amides is 1. The van der Waals surface area contributed by atoms with Crippen molar-refractivity contribution in [2.24, 2.45) is 0 Å². The summed E-state index contributed by atoms with van der Waals surface area (Å²) in [7, 11) is 3.83. The Hall–Kier alpha value is -2.01. The van der Waals surface area contributed by atoms with E-state index in [2.05, 4.69) is 10.3 Å². The Morgan fingerprint density at radius 2 is 2.38 bits per heavy atom. The van der Waals surface area contributed by atoms with Crippen molar-refractivity contribution in [3.8, 4) is 0 Å². The van der Waals surface area contributed by atoms with Gasteiger partial charge in [-0.25, -0.2) is 4.79 Å². The molecule has 2 aromatic rings. The second-order valence-electron chi connectivity index (χ2n) is 5.37. The number of cyclic esters (lactones) is 1. The molecule has 2 N–H and O–H groups in total. The average molecular weight is 292 g/mol. The van der Waals surface area contributed by atoms with Gasteiger partial charge in [-0.2, -0.15) is 0 Å². The van der Waals surface area contributed by atoms with Crippen LogP contribution in [0.5, 0.6) is 0 Å². The Bertz CT molecular complexity index is 883. The standard InChI is InChI=1S/C16H21N3O2/c1-19(2)6-5-12-9-17-15-4-3-11(8-14(12)15)7-13-10-21-16(20)18-13/h3-4,8-9,13,17H,5-7,10H2,1-2H3,(H,18,20)/t13-/m0/s1/i3D,4D,8D,9D,13D. The number of nitrogens with zero attached hydrogens (tertiary/aromatic N) is 1. The minimum absolute atomic E-state index is 0.0253. The molecule has 1 fully saturated rings. The summed E-state index contributed by atoms with van der Waals surface area (Å²) >= 11 is 0. The average Bonchev–Trinajstić information content (AvgIpc) is 3.07. The summed E-state index contributed by atoms with van der Waals surface area (Å²) in [5, 5.41) is 2.83. The van der Waals surface area contributed by atoms with Crippen molar-refractivity contribution >= 4 is 17.0 Å². The molecule has 5 heteroatoms. The summed E-state index contributed by atoms with van der Waals surface area (Å²) < 4.78 is 46.3. The SMILES string of the molecule is [2H]c1[nH]c2c([2H])c([2H])c(C[C@@]3([2H])COC(=O)N3)c([2H])c2c1CCN(C)C. The Kier molecular flexibility index (Phi) is 2.50. The van der Waals surface area contributed by atoms with E-state index >= 15 is 0 Å². The van der Waals surface area contributed by atoms with Crippen LogP contribution in [0.3, 0.4) is 0 Å². The summed E-state index contributed by atoms with van der Waals surface area (Å²) in [6, 6.07) is -1.72. The highest BCUT2D eigenvalue weighted by Crippen LogP contribution is 2.21. The second-order valence-corrected chi connectivity index (χ2v) is 5.37. The molecule has 1 amide bonds. The van der Waals surface area contributed by atoms with Crippen molar-refractivity contribution in [2.45, 2.75) is 18.9 Å². The van der Waals surface area contributed by atoms with Crippen molar-refractivity contribution in [3.63, 3.8) is 0 Å². The van der Waals surface area contributed by atoms with Crippen molar-refractivity contribution in [1.29, 1.82) is 0 Å². The Labute approximate surface area is 131 Å². The van der Waals surface area contributed by atoms with E-state index in [1.807, 2.05) is 19.0 Å². The molecule has 1 aliphatic rings. The first-order valence-electron chi connectivity index (χ1n) is 9.32. The fourth-order valence-electron chi connectivity index (χ4n) is 2.25. The number of hydrogen-bond donors (Lipinski definition) is 2. The zero-order chi connectivity index (χ0) is 19.2. The summed E-state index contributed by atoms with van der Waals surface area (Å²) in [4.78, 5) is 16.1. The van der Waals surface area contributed by atoms with Gasteiger partial charge in [-0.15, -0.1) is 0 Å². The number of aromatic amines is 1. The number of likely N-dealkylation sites (N-methyl/N-ethyl adjacent to an activating group) is 1. The molecule has 1 aromatic carbocycles. The van der Waals surface area contributed by atoms with Gasteiger partial charge < -0.3 is 19.9 Å². The van der Waals surface area contributed by atoms with Crippen LogP contribution in [-0.2, 0) is 17.6 Å². The molecule has 1 aromatic heterocycles. The molecular formula is C16H21N3O2. The van der Waals surface area contributed by atoms with E-state index in [4.69, 9.17) is 11.6 Å². The lowest BCUT2D eigenvalue weighted by atomic mass is 10.0. The molecule has 0 spiro atoms. The lowest BCUT2D eigenvalue weighted by Gasteiger charge is -2.09. The van der Waals surface area contributed by atoms with E-state index in [-0.39, 0.29) is 42.9 Å². The predicted molar refractivity (Wildman–Crippen MR) is 82.5 cm³/mol. The second kappa shape index (κ2) is 5.77. The third kappa shape index (κ3) is 3.19. The summed E-state index contributed by atoms with van der Waals surface area (Å²) in [6.07, 6.45) is -0.144. The minimum atomic E-state index is -1.47. The number of carbonyl (C=O) groups excluding carboxylic acids is 1. The van der Waals surface area contributed by atoms with Crippen LogP contribution in [0.4, 0.5) is 4.79 Å². The summed E-state index contributed by atoms with van der Waals surface area (Å²) in [6.45, 7) is 0.496. The van der Waals surface area contributed by atoms with Crippen molar-refractivity contribution in [2.75, 3.05) is 27.2 Å². The number of benzene rings is 1. The summed E-state index contributed by atoms with van der Waals surface area (Å²) in [5.41, 5.74) is 1.13. The zero-order valence-electron chi connectivity index (χ0n) is 17.1. The third-order valence-corrected chi connectivity index (χ3v) is 3.36. The lowest BCUT2D eigenvalue weighted by Crippen LogP contribution is -2.28. The zero-order valence-corrected chi connectivity index (χ0v) is 12.1. The molecule has 0 aliphatic carbocycles. The Morgan fingerprint density at radius 1 is 1.52 bits per heavy atom. The molecule has 1 aliphatic heterocycles. The number of alkyl carbamates (subject to hydrolysis) is 1. The van der Waals surface area contributed by atoms with E-state index in [1.54, 1.807) is 0 Å². The number of hydrogen-bond acceptors (Lipinski definition) is 3. The normalized spacial score (nSPS) is 25.1.